The molecule has 0 amide bonds. The summed E-state index contributed by atoms with van der Waals surface area (Å²) < 4.78 is 26.5. The van der Waals surface area contributed by atoms with Gasteiger partial charge in [-0.25, -0.2) is 8.78 Å². The maximum Gasteiger partial charge on any atom is 0.307 e. The zero-order chi connectivity index (χ0) is 13.1. The lowest BCUT2D eigenvalue weighted by atomic mass is 9.97. The highest BCUT2D eigenvalue weighted by Crippen LogP contribution is 2.26. The molecule has 0 unspecified atom stereocenters. The lowest BCUT2D eigenvalue weighted by Gasteiger charge is -2.09. The molecule has 0 saturated heterocycles. The molecule has 0 saturated carbocycles. The average Bonchev–Trinajstić information content (AvgIpc) is 2.32. The van der Waals surface area contributed by atoms with Crippen LogP contribution < -0.4 is 0 Å². The number of hydrogen-bond acceptors (Lipinski definition) is 1. The second kappa shape index (κ2) is 4.96. The number of carboxylic acids is 1. The Morgan fingerprint density at radius 2 is 1.72 bits per heavy atom. The first kappa shape index (κ1) is 12.2. The average molecular weight is 248 g/mol. The molecule has 0 aliphatic heterocycles. The molecule has 0 spiro atoms. The minimum Gasteiger partial charge on any atom is -0.481 e. The maximum absolute atomic E-state index is 13.6. The maximum atomic E-state index is 13.6. The van der Waals surface area contributed by atoms with Crippen LogP contribution >= 0.6 is 0 Å². The van der Waals surface area contributed by atoms with Crippen LogP contribution in [0, 0.1) is 11.6 Å². The van der Waals surface area contributed by atoms with Crippen LogP contribution in [0.2, 0.25) is 0 Å². The van der Waals surface area contributed by atoms with Gasteiger partial charge in [0.05, 0.1) is 6.42 Å². The van der Waals surface area contributed by atoms with E-state index in [1.54, 1.807) is 6.07 Å². The van der Waals surface area contributed by atoms with E-state index >= 15 is 0 Å². The van der Waals surface area contributed by atoms with E-state index in [0.717, 1.165) is 0 Å². The first-order chi connectivity index (χ1) is 8.58. The molecular weight excluding hydrogens is 238 g/mol. The number of benzene rings is 2. The highest BCUT2D eigenvalue weighted by atomic mass is 19.1. The summed E-state index contributed by atoms with van der Waals surface area (Å²) in [4.78, 5) is 10.7. The van der Waals surface area contributed by atoms with Crippen LogP contribution in [0.1, 0.15) is 5.56 Å². The first-order valence-electron chi connectivity index (χ1n) is 5.33. The van der Waals surface area contributed by atoms with Gasteiger partial charge in [0.25, 0.3) is 0 Å². The molecule has 2 rings (SSSR count). The summed E-state index contributed by atoms with van der Waals surface area (Å²) in [5.74, 6) is -2.07. The van der Waals surface area contributed by atoms with E-state index in [1.807, 2.05) is 0 Å². The molecule has 0 aromatic heterocycles. The van der Waals surface area contributed by atoms with Crippen LogP contribution in [0.3, 0.4) is 0 Å². The van der Waals surface area contributed by atoms with Gasteiger partial charge in [0.1, 0.15) is 11.6 Å². The normalized spacial score (nSPS) is 10.3. The van der Waals surface area contributed by atoms with Crippen LogP contribution in [0.15, 0.2) is 42.5 Å². The summed E-state index contributed by atoms with van der Waals surface area (Å²) in [6.45, 7) is 0. The van der Waals surface area contributed by atoms with Crippen molar-refractivity contribution in [1.29, 1.82) is 0 Å². The molecule has 0 atom stereocenters. The predicted octanol–water partition coefficient (Wildman–Crippen LogP) is 3.26. The largest absolute Gasteiger partial charge is 0.481 e. The number of rotatable bonds is 3. The van der Waals surface area contributed by atoms with Gasteiger partial charge in [-0.15, -0.1) is 0 Å². The fourth-order valence-corrected chi connectivity index (χ4v) is 1.79. The van der Waals surface area contributed by atoms with Crippen molar-refractivity contribution in [2.75, 3.05) is 0 Å². The number of hydrogen-bond donors (Lipinski definition) is 1. The summed E-state index contributed by atoms with van der Waals surface area (Å²) in [7, 11) is 0. The van der Waals surface area contributed by atoms with Gasteiger partial charge in [-0.3, -0.25) is 4.79 Å². The summed E-state index contributed by atoms with van der Waals surface area (Å²) in [6.07, 6.45) is -0.403. The smallest absolute Gasteiger partial charge is 0.307 e. The highest BCUT2D eigenvalue weighted by molar-refractivity contribution is 5.76. The van der Waals surface area contributed by atoms with Gasteiger partial charge in [-0.1, -0.05) is 24.3 Å². The van der Waals surface area contributed by atoms with Crippen LogP contribution in [0.4, 0.5) is 8.78 Å². The monoisotopic (exact) mass is 248 g/mol. The van der Waals surface area contributed by atoms with Gasteiger partial charge >= 0.3 is 5.97 Å². The van der Waals surface area contributed by atoms with E-state index in [0.29, 0.717) is 11.1 Å². The fourth-order valence-electron chi connectivity index (χ4n) is 1.79. The van der Waals surface area contributed by atoms with Crippen LogP contribution in [0.25, 0.3) is 11.1 Å². The topological polar surface area (TPSA) is 37.3 Å². The molecule has 2 aromatic carbocycles. The molecule has 0 aliphatic rings. The van der Waals surface area contributed by atoms with Gasteiger partial charge in [0, 0.05) is 5.56 Å². The molecular formula is C14H10F2O2. The van der Waals surface area contributed by atoms with Crippen LogP contribution in [0.5, 0.6) is 0 Å². The SMILES string of the molecule is O=C(O)Cc1c(F)cccc1-c1ccc(F)cc1. The third-order valence-corrected chi connectivity index (χ3v) is 2.60. The Bertz CT molecular complexity index is 577. The molecule has 1 N–H and O–H groups in total. The zero-order valence-electron chi connectivity index (χ0n) is 9.36. The summed E-state index contributed by atoms with van der Waals surface area (Å²) in [5.41, 5.74) is 1.17. The van der Waals surface area contributed by atoms with E-state index in [2.05, 4.69) is 0 Å². The van der Waals surface area contributed by atoms with E-state index in [1.165, 1.54) is 36.4 Å². The van der Waals surface area contributed by atoms with Crippen LogP contribution in [-0.2, 0) is 11.2 Å². The van der Waals surface area contributed by atoms with Crippen molar-refractivity contribution in [2.45, 2.75) is 6.42 Å². The Labute approximate surface area is 103 Å². The minimum atomic E-state index is -1.11. The van der Waals surface area contributed by atoms with Crippen LogP contribution in [-0.4, -0.2) is 11.1 Å². The van der Waals surface area contributed by atoms with E-state index in [4.69, 9.17) is 5.11 Å². The lowest BCUT2D eigenvalue weighted by molar-refractivity contribution is -0.136. The molecule has 0 bridgehead atoms. The Morgan fingerprint density at radius 3 is 2.33 bits per heavy atom. The van der Waals surface area contributed by atoms with Gasteiger partial charge in [-0.2, -0.15) is 0 Å². The van der Waals surface area contributed by atoms with E-state index in [-0.39, 0.29) is 5.56 Å². The van der Waals surface area contributed by atoms with E-state index in [9.17, 15) is 13.6 Å². The zero-order valence-corrected chi connectivity index (χ0v) is 9.36. The summed E-state index contributed by atoms with van der Waals surface area (Å²) in [6, 6.07) is 9.83. The second-order valence-corrected chi connectivity index (χ2v) is 3.84. The Kier molecular flexibility index (Phi) is 3.37. The number of carbonyl (C=O) groups is 1. The number of halogens is 2. The van der Waals surface area contributed by atoms with Crippen molar-refractivity contribution in [3.63, 3.8) is 0 Å². The number of carboxylic acid groups (broad SMARTS) is 1. The Hall–Kier alpha value is -2.23. The predicted molar refractivity (Wildman–Crippen MR) is 63.1 cm³/mol. The van der Waals surface area contributed by atoms with E-state index < -0.39 is 24.0 Å². The first-order valence-corrected chi connectivity index (χ1v) is 5.33. The Morgan fingerprint density at radius 1 is 1.06 bits per heavy atom. The number of aliphatic carboxylic acids is 1. The van der Waals surface area contributed by atoms with Gasteiger partial charge < -0.3 is 5.11 Å². The molecule has 0 heterocycles. The third-order valence-electron chi connectivity index (χ3n) is 2.60. The lowest BCUT2D eigenvalue weighted by Crippen LogP contribution is -2.04. The Balaban J connectivity index is 2.53. The molecule has 18 heavy (non-hydrogen) atoms. The standard InChI is InChI=1S/C14H10F2O2/c15-10-6-4-9(5-7-10)11-2-1-3-13(16)12(11)8-14(17)18/h1-7H,8H2,(H,17,18). The molecule has 0 aliphatic carbocycles. The third kappa shape index (κ3) is 2.53. The highest BCUT2D eigenvalue weighted by Gasteiger charge is 2.13. The quantitative estimate of drug-likeness (QED) is 0.905. The van der Waals surface area contributed by atoms with Crippen molar-refractivity contribution in [1.82, 2.24) is 0 Å². The van der Waals surface area contributed by atoms with Crippen molar-refractivity contribution < 1.29 is 18.7 Å². The van der Waals surface area contributed by atoms with Crippen molar-refractivity contribution in [3.05, 3.63) is 59.7 Å². The van der Waals surface area contributed by atoms with Gasteiger partial charge in [-0.05, 0) is 29.3 Å². The van der Waals surface area contributed by atoms with Gasteiger partial charge in [0.2, 0.25) is 0 Å². The molecule has 2 nitrogen and oxygen atoms in total. The molecule has 92 valence electrons. The molecule has 2 aromatic rings. The van der Waals surface area contributed by atoms with Crippen molar-refractivity contribution in [2.24, 2.45) is 0 Å². The van der Waals surface area contributed by atoms with Crippen molar-refractivity contribution >= 4 is 5.97 Å². The second-order valence-electron chi connectivity index (χ2n) is 3.84. The summed E-state index contributed by atoms with van der Waals surface area (Å²) >= 11 is 0. The summed E-state index contributed by atoms with van der Waals surface area (Å²) in [5, 5.41) is 8.78. The molecule has 4 heteroatoms. The fraction of sp³-hybridized carbons (Fsp3) is 0.0714. The molecule has 0 radical (unpaired) electrons. The minimum absolute atomic E-state index is 0.108. The van der Waals surface area contributed by atoms with Crippen molar-refractivity contribution in [3.8, 4) is 11.1 Å². The molecule has 0 fully saturated rings. The van der Waals surface area contributed by atoms with Gasteiger partial charge in [0.15, 0.2) is 0 Å².